The molecule has 17 heavy (non-hydrogen) atoms. The Kier molecular flexibility index (Phi) is 4.75. The van der Waals surface area contributed by atoms with Gasteiger partial charge >= 0.3 is 0 Å². The van der Waals surface area contributed by atoms with Crippen LogP contribution in [0.15, 0.2) is 53.3 Å². The van der Waals surface area contributed by atoms with Gasteiger partial charge in [-0.3, -0.25) is 4.98 Å². The molecular weight excluding hydrogens is 274 g/mol. The maximum atomic E-state index is 4.17. The van der Waals surface area contributed by atoms with Gasteiger partial charge in [0, 0.05) is 16.9 Å². The smallest absolute Gasteiger partial charge is 0.0410 e. The Bertz CT molecular complexity index is 453. The van der Waals surface area contributed by atoms with E-state index in [1.165, 1.54) is 30.4 Å². The van der Waals surface area contributed by atoms with Crippen LogP contribution in [0.3, 0.4) is 0 Å². The monoisotopic (exact) mass is 289 g/mol. The van der Waals surface area contributed by atoms with Crippen molar-refractivity contribution in [1.82, 2.24) is 4.98 Å². The second kappa shape index (κ2) is 6.55. The fraction of sp³-hybridized carbons (Fsp3) is 0.267. The molecule has 0 saturated carbocycles. The summed E-state index contributed by atoms with van der Waals surface area (Å²) in [4.78, 5) is 4.17. The van der Waals surface area contributed by atoms with Crippen LogP contribution in [0.1, 0.15) is 24.0 Å². The Morgan fingerprint density at radius 1 is 0.882 bits per heavy atom. The van der Waals surface area contributed by atoms with Gasteiger partial charge in [-0.15, -0.1) is 0 Å². The number of benzene rings is 1. The quantitative estimate of drug-likeness (QED) is 0.743. The number of hydrogen-bond donors (Lipinski definition) is 0. The molecule has 0 N–H and O–H groups in total. The van der Waals surface area contributed by atoms with Gasteiger partial charge in [0.1, 0.15) is 0 Å². The van der Waals surface area contributed by atoms with Crippen LogP contribution in [0.25, 0.3) is 0 Å². The Hall–Kier alpha value is -1.15. The average Bonchev–Trinajstić information content (AvgIpc) is 2.36. The summed E-state index contributed by atoms with van der Waals surface area (Å²) in [6.45, 7) is 0. The van der Waals surface area contributed by atoms with E-state index < -0.39 is 0 Å². The van der Waals surface area contributed by atoms with Gasteiger partial charge in [-0.2, -0.15) is 0 Å². The molecule has 2 rings (SSSR count). The molecule has 0 aliphatic carbocycles. The van der Waals surface area contributed by atoms with Crippen LogP contribution in [-0.4, -0.2) is 4.98 Å². The van der Waals surface area contributed by atoms with E-state index in [2.05, 4.69) is 57.3 Å². The highest BCUT2D eigenvalue weighted by Gasteiger charge is 1.96. The van der Waals surface area contributed by atoms with Crippen molar-refractivity contribution >= 4 is 15.9 Å². The van der Waals surface area contributed by atoms with Crippen LogP contribution in [0.5, 0.6) is 0 Å². The zero-order valence-corrected chi connectivity index (χ0v) is 11.4. The second-order valence-electron chi connectivity index (χ2n) is 4.20. The van der Waals surface area contributed by atoms with Crippen molar-refractivity contribution < 1.29 is 0 Å². The van der Waals surface area contributed by atoms with Crippen molar-refractivity contribution in [2.24, 2.45) is 0 Å². The van der Waals surface area contributed by atoms with E-state index in [0.29, 0.717) is 0 Å². The van der Waals surface area contributed by atoms with Crippen molar-refractivity contribution in [3.05, 3.63) is 64.4 Å². The SMILES string of the molecule is Brc1cncc(CCCCc2ccccc2)c1. The number of rotatable bonds is 5. The van der Waals surface area contributed by atoms with E-state index in [9.17, 15) is 0 Å². The van der Waals surface area contributed by atoms with Crippen LogP contribution in [0.4, 0.5) is 0 Å². The summed E-state index contributed by atoms with van der Waals surface area (Å²) in [7, 11) is 0. The first-order valence-electron chi connectivity index (χ1n) is 5.98. The molecule has 0 aliphatic heterocycles. The van der Waals surface area contributed by atoms with Gasteiger partial charge in [-0.1, -0.05) is 30.3 Å². The minimum Gasteiger partial charge on any atom is -0.263 e. The molecule has 0 atom stereocenters. The molecule has 1 aromatic carbocycles. The molecule has 88 valence electrons. The van der Waals surface area contributed by atoms with Crippen molar-refractivity contribution in [2.45, 2.75) is 25.7 Å². The third-order valence-electron chi connectivity index (χ3n) is 2.79. The maximum Gasteiger partial charge on any atom is 0.0410 e. The summed E-state index contributed by atoms with van der Waals surface area (Å²) in [5.41, 5.74) is 2.74. The van der Waals surface area contributed by atoms with E-state index in [1.54, 1.807) is 0 Å². The molecule has 0 radical (unpaired) electrons. The molecule has 0 unspecified atom stereocenters. The van der Waals surface area contributed by atoms with Crippen LogP contribution in [0, 0.1) is 0 Å². The zero-order valence-electron chi connectivity index (χ0n) is 9.77. The standard InChI is InChI=1S/C15H16BrN/c16-15-10-14(11-17-12-15)9-5-4-8-13-6-2-1-3-7-13/h1-3,6-7,10-12H,4-5,8-9H2. The highest BCUT2D eigenvalue weighted by Crippen LogP contribution is 2.13. The molecular formula is C15H16BrN. The molecule has 0 spiro atoms. The van der Waals surface area contributed by atoms with Gasteiger partial charge in [0.2, 0.25) is 0 Å². The molecule has 0 fully saturated rings. The van der Waals surface area contributed by atoms with E-state index in [4.69, 9.17) is 0 Å². The fourth-order valence-corrected chi connectivity index (χ4v) is 2.31. The van der Waals surface area contributed by atoms with Gasteiger partial charge in [-0.25, -0.2) is 0 Å². The normalized spacial score (nSPS) is 10.4. The highest BCUT2D eigenvalue weighted by atomic mass is 79.9. The summed E-state index contributed by atoms with van der Waals surface area (Å²) in [6, 6.07) is 12.8. The molecule has 0 bridgehead atoms. The number of aromatic nitrogens is 1. The largest absolute Gasteiger partial charge is 0.263 e. The molecule has 0 aliphatic rings. The third-order valence-corrected chi connectivity index (χ3v) is 3.22. The lowest BCUT2D eigenvalue weighted by molar-refractivity contribution is 0.732. The van der Waals surface area contributed by atoms with Crippen molar-refractivity contribution in [2.75, 3.05) is 0 Å². The van der Waals surface area contributed by atoms with E-state index in [1.807, 2.05) is 12.4 Å². The zero-order chi connectivity index (χ0) is 11.9. The van der Waals surface area contributed by atoms with Crippen molar-refractivity contribution in [1.29, 1.82) is 0 Å². The van der Waals surface area contributed by atoms with Gasteiger partial charge in [0.25, 0.3) is 0 Å². The van der Waals surface area contributed by atoms with E-state index in [0.717, 1.165) is 10.9 Å². The van der Waals surface area contributed by atoms with Crippen molar-refractivity contribution in [3.63, 3.8) is 0 Å². The summed E-state index contributed by atoms with van der Waals surface area (Å²) in [6.07, 6.45) is 8.51. The Morgan fingerprint density at radius 3 is 2.29 bits per heavy atom. The lowest BCUT2D eigenvalue weighted by Crippen LogP contribution is -1.90. The Morgan fingerprint density at radius 2 is 1.59 bits per heavy atom. The summed E-state index contributed by atoms with van der Waals surface area (Å²) in [5, 5.41) is 0. The number of halogens is 1. The first-order chi connectivity index (χ1) is 8.34. The molecule has 1 nitrogen and oxygen atoms in total. The van der Waals surface area contributed by atoms with Crippen LogP contribution >= 0.6 is 15.9 Å². The minimum absolute atomic E-state index is 1.07. The average molecular weight is 290 g/mol. The van der Waals surface area contributed by atoms with Gasteiger partial charge in [0.15, 0.2) is 0 Å². The Labute approximate surface area is 111 Å². The number of unbranched alkanes of at least 4 members (excludes halogenated alkanes) is 1. The predicted molar refractivity (Wildman–Crippen MR) is 75.0 cm³/mol. The third kappa shape index (κ3) is 4.31. The number of nitrogens with zero attached hydrogens (tertiary/aromatic N) is 1. The second-order valence-corrected chi connectivity index (χ2v) is 5.12. The fourth-order valence-electron chi connectivity index (χ4n) is 1.90. The van der Waals surface area contributed by atoms with Crippen LogP contribution in [0.2, 0.25) is 0 Å². The van der Waals surface area contributed by atoms with Gasteiger partial charge in [-0.05, 0) is 58.8 Å². The Balaban J connectivity index is 1.73. The number of hydrogen-bond acceptors (Lipinski definition) is 1. The molecule has 2 aromatic rings. The number of aryl methyl sites for hydroxylation is 2. The predicted octanol–water partition coefficient (Wildman–Crippen LogP) is 4.41. The summed E-state index contributed by atoms with van der Waals surface area (Å²) >= 11 is 3.45. The highest BCUT2D eigenvalue weighted by molar-refractivity contribution is 9.10. The molecule has 0 amide bonds. The summed E-state index contributed by atoms with van der Waals surface area (Å²) in [5.74, 6) is 0. The molecule has 0 saturated heterocycles. The summed E-state index contributed by atoms with van der Waals surface area (Å²) < 4.78 is 1.07. The number of pyridine rings is 1. The lowest BCUT2D eigenvalue weighted by atomic mass is 10.0. The van der Waals surface area contributed by atoms with Crippen LogP contribution < -0.4 is 0 Å². The van der Waals surface area contributed by atoms with E-state index >= 15 is 0 Å². The maximum absolute atomic E-state index is 4.17. The van der Waals surface area contributed by atoms with Gasteiger partial charge in [0.05, 0.1) is 0 Å². The molecule has 1 heterocycles. The van der Waals surface area contributed by atoms with E-state index in [-0.39, 0.29) is 0 Å². The van der Waals surface area contributed by atoms with Crippen molar-refractivity contribution in [3.8, 4) is 0 Å². The lowest BCUT2D eigenvalue weighted by Gasteiger charge is -2.02. The topological polar surface area (TPSA) is 12.9 Å². The van der Waals surface area contributed by atoms with Crippen LogP contribution in [-0.2, 0) is 12.8 Å². The van der Waals surface area contributed by atoms with Gasteiger partial charge < -0.3 is 0 Å². The molecule has 1 aromatic heterocycles. The minimum atomic E-state index is 1.07. The first kappa shape index (κ1) is 12.3. The first-order valence-corrected chi connectivity index (χ1v) is 6.77. The molecule has 2 heteroatoms.